The molecule has 1 saturated heterocycles. The number of amides is 2. The highest BCUT2D eigenvalue weighted by Crippen LogP contribution is 2.23. The lowest BCUT2D eigenvalue weighted by molar-refractivity contribution is 0.0813. The Labute approximate surface area is 239 Å². The molecule has 1 aliphatic heterocycles. The van der Waals surface area contributed by atoms with Gasteiger partial charge in [0.2, 0.25) is 15.0 Å². The zero-order chi connectivity index (χ0) is 28.0. The van der Waals surface area contributed by atoms with Crippen molar-refractivity contribution < 1.29 is 17.9 Å². The van der Waals surface area contributed by atoms with E-state index >= 15 is 0 Å². The quantitative estimate of drug-likeness (QED) is 0.258. The van der Waals surface area contributed by atoms with Gasteiger partial charge in [0.15, 0.2) is 0 Å². The minimum Gasteiger partial charge on any atom is -0.376 e. The number of carbonyl (C=O) groups excluding carboxylic acids is 1. The van der Waals surface area contributed by atoms with E-state index in [4.69, 9.17) is 16.3 Å². The van der Waals surface area contributed by atoms with Gasteiger partial charge in [-0.05, 0) is 42.2 Å². The molecule has 8 nitrogen and oxygen atoms in total. The molecule has 40 heavy (non-hydrogen) atoms. The average molecular weight is 579 g/mol. The molecule has 10 heteroatoms. The topological polar surface area (TPSA) is 93.5 Å². The number of nitrogens with zero attached hydrogens (tertiary/aromatic N) is 3. The van der Waals surface area contributed by atoms with Gasteiger partial charge >= 0.3 is 6.03 Å². The van der Waals surface area contributed by atoms with Gasteiger partial charge in [-0.3, -0.25) is 0 Å². The van der Waals surface area contributed by atoms with E-state index in [0.717, 1.165) is 18.4 Å². The number of sulfone groups is 1. The fourth-order valence-corrected chi connectivity index (χ4v) is 6.46. The van der Waals surface area contributed by atoms with Crippen LogP contribution in [0.2, 0.25) is 5.02 Å². The first-order valence-electron chi connectivity index (χ1n) is 13.2. The third-order valence-corrected chi connectivity index (χ3v) is 8.56. The Hall–Kier alpha value is -3.66. The number of aromatic nitrogens is 2. The number of rotatable bonds is 10. The van der Waals surface area contributed by atoms with Crippen molar-refractivity contribution in [3.8, 4) is 0 Å². The molecular weight excluding hydrogens is 548 g/mol. The number of benzene rings is 3. The Balaban J connectivity index is 1.47. The number of carbonyl (C=O) groups is 1. The molecule has 208 valence electrons. The molecule has 5 rings (SSSR count). The van der Waals surface area contributed by atoms with E-state index in [0.29, 0.717) is 41.7 Å². The van der Waals surface area contributed by atoms with Crippen LogP contribution in [0.4, 0.5) is 10.5 Å². The van der Waals surface area contributed by atoms with Crippen LogP contribution in [0.5, 0.6) is 0 Å². The van der Waals surface area contributed by atoms with Crippen molar-refractivity contribution in [1.29, 1.82) is 0 Å². The van der Waals surface area contributed by atoms with Crippen molar-refractivity contribution in [1.82, 2.24) is 14.5 Å². The molecule has 2 heterocycles. The van der Waals surface area contributed by atoms with Crippen molar-refractivity contribution in [3.05, 3.63) is 113 Å². The zero-order valence-electron chi connectivity index (χ0n) is 21.9. The summed E-state index contributed by atoms with van der Waals surface area (Å²) in [6.45, 7) is 1.45. The number of nitrogens with one attached hydrogen (secondary N) is 1. The number of ether oxygens (including phenoxy) is 1. The third-order valence-electron chi connectivity index (χ3n) is 6.73. The summed E-state index contributed by atoms with van der Waals surface area (Å²) in [6, 6.07) is 25.3. The smallest absolute Gasteiger partial charge is 0.322 e. The Morgan fingerprint density at radius 1 is 1.02 bits per heavy atom. The fraction of sp³-hybridized carbons (Fsp3) is 0.267. The van der Waals surface area contributed by atoms with Gasteiger partial charge in [-0.1, -0.05) is 78.3 Å². The molecule has 0 radical (unpaired) electrons. The molecule has 1 N–H and O–H groups in total. The number of halogens is 1. The molecule has 0 aliphatic carbocycles. The highest BCUT2D eigenvalue weighted by molar-refractivity contribution is 7.90. The van der Waals surface area contributed by atoms with Crippen LogP contribution in [0, 0.1) is 0 Å². The molecule has 1 unspecified atom stereocenters. The van der Waals surface area contributed by atoms with E-state index in [1.807, 2.05) is 48.5 Å². The molecule has 2 amide bonds. The number of urea groups is 1. The van der Waals surface area contributed by atoms with Gasteiger partial charge < -0.3 is 19.5 Å². The number of hydrogen-bond donors (Lipinski definition) is 1. The van der Waals surface area contributed by atoms with Crippen molar-refractivity contribution in [2.24, 2.45) is 0 Å². The summed E-state index contributed by atoms with van der Waals surface area (Å²) in [4.78, 5) is 19.5. The molecule has 1 aliphatic rings. The van der Waals surface area contributed by atoms with Crippen molar-refractivity contribution in [2.75, 3.05) is 18.5 Å². The standard InChI is InChI=1S/C30H31ClN4O4S/c31-25-13-7-14-26(17-25)33-29(36)34(21-28-15-8-16-39-28)20-27-18-32-30(35(27)19-23-9-3-1-4-10-23)40(37,38)22-24-11-5-2-6-12-24/h1-7,9-14,17-18,28H,8,15-16,19-22H2,(H,33,36). The van der Waals surface area contributed by atoms with Gasteiger partial charge in [-0.15, -0.1) is 0 Å². The van der Waals surface area contributed by atoms with Crippen LogP contribution in [-0.4, -0.2) is 48.2 Å². The maximum absolute atomic E-state index is 13.6. The van der Waals surface area contributed by atoms with Gasteiger partial charge in [-0.25, -0.2) is 18.2 Å². The maximum atomic E-state index is 13.6. The van der Waals surface area contributed by atoms with E-state index in [-0.39, 0.29) is 29.6 Å². The molecular formula is C30H31ClN4O4S. The van der Waals surface area contributed by atoms with Gasteiger partial charge in [-0.2, -0.15) is 0 Å². The summed E-state index contributed by atoms with van der Waals surface area (Å²) in [5.41, 5.74) is 2.78. The summed E-state index contributed by atoms with van der Waals surface area (Å²) in [6.07, 6.45) is 3.23. The highest BCUT2D eigenvalue weighted by atomic mass is 35.5. The van der Waals surface area contributed by atoms with E-state index in [1.54, 1.807) is 52.1 Å². The minimum absolute atomic E-state index is 0.0254. The SMILES string of the molecule is O=C(Nc1cccc(Cl)c1)N(Cc1cnc(S(=O)(=O)Cc2ccccc2)n1Cc1ccccc1)CC1CCCO1. The Morgan fingerprint density at radius 2 is 1.75 bits per heavy atom. The van der Waals surface area contributed by atoms with Crippen LogP contribution < -0.4 is 5.32 Å². The van der Waals surface area contributed by atoms with Crippen LogP contribution in [0.15, 0.2) is 96.3 Å². The lowest BCUT2D eigenvalue weighted by Crippen LogP contribution is -2.40. The first-order valence-corrected chi connectivity index (χ1v) is 15.2. The highest BCUT2D eigenvalue weighted by Gasteiger charge is 2.28. The molecule has 1 aromatic heterocycles. The van der Waals surface area contributed by atoms with Gasteiger partial charge in [0, 0.05) is 23.9 Å². The van der Waals surface area contributed by atoms with Crippen LogP contribution in [0.25, 0.3) is 0 Å². The van der Waals surface area contributed by atoms with E-state index in [1.165, 1.54) is 0 Å². The Morgan fingerprint density at radius 3 is 2.42 bits per heavy atom. The van der Waals surface area contributed by atoms with Gasteiger partial charge in [0.25, 0.3) is 0 Å². The normalized spacial score (nSPS) is 15.2. The van der Waals surface area contributed by atoms with Crippen molar-refractivity contribution >= 4 is 33.2 Å². The summed E-state index contributed by atoms with van der Waals surface area (Å²) in [5, 5.41) is 3.40. The first-order chi connectivity index (χ1) is 19.4. The number of anilines is 1. The van der Waals surface area contributed by atoms with Crippen LogP contribution in [0.1, 0.15) is 29.7 Å². The molecule has 4 aromatic rings. The van der Waals surface area contributed by atoms with Gasteiger partial charge in [0.05, 0.1) is 36.8 Å². The lowest BCUT2D eigenvalue weighted by atomic mass is 10.2. The second-order valence-corrected chi connectivity index (χ2v) is 12.1. The monoisotopic (exact) mass is 578 g/mol. The zero-order valence-corrected chi connectivity index (χ0v) is 23.5. The molecule has 0 bridgehead atoms. The molecule has 0 saturated carbocycles. The van der Waals surface area contributed by atoms with Crippen molar-refractivity contribution in [2.45, 2.75) is 42.9 Å². The van der Waals surface area contributed by atoms with Crippen LogP contribution >= 0.6 is 11.6 Å². The lowest BCUT2D eigenvalue weighted by Gasteiger charge is -2.26. The molecule has 1 atom stereocenters. The summed E-state index contributed by atoms with van der Waals surface area (Å²) < 4.78 is 34.7. The Kier molecular flexibility index (Phi) is 8.84. The number of hydrogen-bond acceptors (Lipinski definition) is 5. The second-order valence-electron chi connectivity index (χ2n) is 9.80. The summed E-state index contributed by atoms with van der Waals surface area (Å²) >= 11 is 6.12. The average Bonchev–Trinajstić information content (AvgIpc) is 3.60. The maximum Gasteiger partial charge on any atom is 0.322 e. The predicted molar refractivity (Wildman–Crippen MR) is 155 cm³/mol. The van der Waals surface area contributed by atoms with E-state index in [2.05, 4.69) is 10.3 Å². The van der Waals surface area contributed by atoms with Crippen LogP contribution in [0.3, 0.4) is 0 Å². The van der Waals surface area contributed by atoms with Crippen molar-refractivity contribution in [3.63, 3.8) is 0 Å². The third kappa shape index (κ3) is 7.10. The van der Waals surface area contributed by atoms with E-state index in [9.17, 15) is 13.2 Å². The molecule has 1 fully saturated rings. The molecule has 3 aromatic carbocycles. The summed E-state index contributed by atoms with van der Waals surface area (Å²) in [7, 11) is -3.78. The molecule has 0 spiro atoms. The van der Waals surface area contributed by atoms with Gasteiger partial charge in [0.1, 0.15) is 0 Å². The Bertz CT molecular complexity index is 1540. The first kappa shape index (κ1) is 27.9. The minimum atomic E-state index is -3.78. The predicted octanol–water partition coefficient (Wildman–Crippen LogP) is 5.77. The largest absolute Gasteiger partial charge is 0.376 e. The fourth-order valence-electron chi connectivity index (χ4n) is 4.78. The summed E-state index contributed by atoms with van der Waals surface area (Å²) in [5.74, 6) is -0.173. The second kappa shape index (κ2) is 12.7. The number of imidazole rings is 1. The van der Waals surface area contributed by atoms with Crippen LogP contribution in [-0.2, 0) is 33.4 Å². The van der Waals surface area contributed by atoms with E-state index < -0.39 is 9.84 Å².